The minimum atomic E-state index is -4.02. The van der Waals surface area contributed by atoms with Gasteiger partial charge in [0.25, 0.3) is 0 Å². The Morgan fingerprint density at radius 1 is 1.16 bits per heavy atom. The smallest absolute Gasteiger partial charge is 0.330 e. The molecule has 0 spiro atoms. The van der Waals surface area contributed by atoms with Crippen LogP contribution < -0.4 is 5.73 Å². The SMILES string of the molecule is CCC(CCN)N1CCN(CCCC(F)(F)F)CC1. The van der Waals surface area contributed by atoms with Crippen molar-refractivity contribution < 1.29 is 13.2 Å². The van der Waals surface area contributed by atoms with Gasteiger partial charge in [-0.1, -0.05) is 6.92 Å². The summed E-state index contributed by atoms with van der Waals surface area (Å²) in [6.07, 6.45) is -2.38. The van der Waals surface area contributed by atoms with Crippen molar-refractivity contribution in [3.8, 4) is 0 Å². The normalized spacial score (nSPS) is 20.7. The fourth-order valence-corrected chi connectivity index (χ4v) is 2.69. The average molecular weight is 281 g/mol. The van der Waals surface area contributed by atoms with E-state index in [4.69, 9.17) is 5.73 Å². The highest BCUT2D eigenvalue weighted by Gasteiger charge is 2.27. The third-order valence-electron chi connectivity index (χ3n) is 3.83. The van der Waals surface area contributed by atoms with Gasteiger partial charge in [0.05, 0.1) is 0 Å². The summed E-state index contributed by atoms with van der Waals surface area (Å²) in [7, 11) is 0. The standard InChI is InChI=1S/C13H26F3N3/c1-2-12(4-6-17)19-10-8-18(9-11-19)7-3-5-13(14,15)16/h12H,2-11,17H2,1H3. The van der Waals surface area contributed by atoms with Gasteiger partial charge in [-0.25, -0.2) is 0 Å². The zero-order chi connectivity index (χ0) is 14.3. The van der Waals surface area contributed by atoms with Gasteiger partial charge in [0, 0.05) is 38.6 Å². The molecular weight excluding hydrogens is 255 g/mol. The second kappa shape index (κ2) is 8.07. The van der Waals surface area contributed by atoms with Crippen molar-refractivity contribution in [3.05, 3.63) is 0 Å². The molecule has 1 saturated heterocycles. The third-order valence-corrected chi connectivity index (χ3v) is 3.83. The number of nitrogens with zero attached hydrogens (tertiary/aromatic N) is 2. The van der Waals surface area contributed by atoms with Crippen LogP contribution in [0.4, 0.5) is 13.2 Å². The van der Waals surface area contributed by atoms with Crippen molar-refractivity contribution in [3.63, 3.8) is 0 Å². The average Bonchev–Trinajstić information content (AvgIpc) is 2.35. The van der Waals surface area contributed by atoms with Crippen LogP contribution in [0.2, 0.25) is 0 Å². The van der Waals surface area contributed by atoms with Gasteiger partial charge in [-0.15, -0.1) is 0 Å². The molecule has 1 atom stereocenters. The Labute approximate surface area is 113 Å². The van der Waals surface area contributed by atoms with Crippen LogP contribution in [0.5, 0.6) is 0 Å². The molecule has 0 saturated carbocycles. The van der Waals surface area contributed by atoms with E-state index in [-0.39, 0.29) is 6.42 Å². The van der Waals surface area contributed by atoms with Gasteiger partial charge in [0.15, 0.2) is 0 Å². The Morgan fingerprint density at radius 2 is 1.79 bits per heavy atom. The van der Waals surface area contributed by atoms with E-state index in [0.29, 0.717) is 19.1 Å². The van der Waals surface area contributed by atoms with Crippen molar-refractivity contribution in [2.75, 3.05) is 39.3 Å². The molecule has 0 aromatic heterocycles. The summed E-state index contributed by atoms with van der Waals surface area (Å²) in [6.45, 7) is 7.06. The lowest BCUT2D eigenvalue weighted by atomic mass is 10.1. The van der Waals surface area contributed by atoms with Crippen molar-refractivity contribution >= 4 is 0 Å². The van der Waals surface area contributed by atoms with Crippen LogP contribution in [0.1, 0.15) is 32.6 Å². The summed E-state index contributed by atoms with van der Waals surface area (Å²) < 4.78 is 36.2. The molecule has 1 aliphatic heterocycles. The summed E-state index contributed by atoms with van der Waals surface area (Å²) in [6, 6.07) is 0.530. The van der Waals surface area contributed by atoms with E-state index in [2.05, 4.69) is 16.7 Å². The van der Waals surface area contributed by atoms with Gasteiger partial charge in [-0.2, -0.15) is 13.2 Å². The number of hydrogen-bond donors (Lipinski definition) is 1. The molecular formula is C13H26F3N3. The number of rotatable bonds is 7. The lowest BCUT2D eigenvalue weighted by molar-refractivity contribution is -0.136. The minimum Gasteiger partial charge on any atom is -0.330 e. The number of piperazine rings is 1. The van der Waals surface area contributed by atoms with Crippen LogP contribution in [0.25, 0.3) is 0 Å². The maximum absolute atomic E-state index is 12.1. The number of nitrogens with two attached hydrogens (primary N) is 1. The van der Waals surface area contributed by atoms with Crippen LogP contribution in [-0.4, -0.2) is 61.3 Å². The topological polar surface area (TPSA) is 32.5 Å². The molecule has 3 nitrogen and oxygen atoms in total. The van der Waals surface area contributed by atoms with Crippen LogP contribution >= 0.6 is 0 Å². The molecule has 0 amide bonds. The van der Waals surface area contributed by atoms with Gasteiger partial charge in [-0.3, -0.25) is 4.90 Å². The van der Waals surface area contributed by atoms with Crippen LogP contribution in [0.15, 0.2) is 0 Å². The van der Waals surface area contributed by atoms with E-state index in [1.165, 1.54) is 0 Å². The predicted molar refractivity (Wildman–Crippen MR) is 71.1 cm³/mol. The monoisotopic (exact) mass is 281 g/mol. The minimum absolute atomic E-state index is 0.212. The lowest BCUT2D eigenvalue weighted by Gasteiger charge is -2.39. The van der Waals surface area contributed by atoms with Gasteiger partial charge >= 0.3 is 6.18 Å². The zero-order valence-corrected chi connectivity index (χ0v) is 11.8. The molecule has 1 heterocycles. The highest BCUT2D eigenvalue weighted by atomic mass is 19.4. The lowest BCUT2D eigenvalue weighted by Crippen LogP contribution is -2.50. The van der Waals surface area contributed by atoms with Gasteiger partial charge in [0.1, 0.15) is 0 Å². The molecule has 1 unspecified atom stereocenters. The third kappa shape index (κ3) is 6.58. The van der Waals surface area contributed by atoms with Crippen LogP contribution in [0, 0.1) is 0 Å². The molecule has 1 aliphatic rings. The molecule has 6 heteroatoms. The Balaban J connectivity index is 2.21. The maximum Gasteiger partial charge on any atom is 0.389 e. The quantitative estimate of drug-likeness (QED) is 0.775. The fraction of sp³-hybridized carbons (Fsp3) is 1.00. The van der Waals surface area contributed by atoms with Gasteiger partial charge in [0.2, 0.25) is 0 Å². The number of alkyl halides is 3. The molecule has 0 aromatic rings. The number of halogens is 3. The van der Waals surface area contributed by atoms with E-state index >= 15 is 0 Å². The van der Waals surface area contributed by atoms with Crippen molar-refractivity contribution in [1.29, 1.82) is 0 Å². The number of hydrogen-bond acceptors (Lipinski definition) is 3. The summed E-state index contributed by atoms with van der Waals surface area (Å²) in [5.74, 6) is 0. The largest absolute Gasteiger partial charge is 0.389 e. The van der Waals surface area contributed by atoms with Crippen LogP contribution in [0.3, 0.4) is 0 Å². The molecule has 0 aliphatic carbocycles. The Kier molecular flexibility index (Phi) is 7.10. The summed E-state index contributed by atoms with van der Waals surface area (Å²) in [5.41, 5.74) is 5.60. The summed E-state index contributed by atoms with van der Waals surface area (Å²) in [4.78, 5) is 4.56. The van der Waals surface area contributed by atoms with Crippen molar-refractivity contribution in [2.24, 2.45) is 5.73 Å². The maximum atomic E-state index is 12.1. The van der Waals surface area contributed by atoms with E-state index in [9.17, 15) is 13.2 Å². The zero-order valence-electron chi connectivity index (χ0n) is 11.8. The van der Waals surface area contributed by atoms with E-state index in [0.717, 1.165) is 39.0 Å². The molecule has 0 radical (unpaired) electrons. The van der Waals surface area contributed by atoms with E-state index < -0.39 is 12.6 Å². The summed E-state index contributed by atoms with van der Waals surface area (Å²) >= 11 is 0. The van der Waals surface area contributed by atoms with E-state index in [1.807, 2.05) is 0 Å². The molecule has 0 bridgehead atoms. The molecule has 1 rings (SSSR count). The molecule has 0 aromatic carbocycles. The molecule has 1 fully saturated rings. The molecule has 19 heavy (non-hydrogen) atoms. The molecule has 114 valence electrons. The van der Waals surface area contributed by atoms with Crippen molar-refractivity contribution in [1.82, 2.24) is 9.80 Å². The second-order valence-electron chi connectivity index (χ2n) is 5.24. The summed E-state index contributed by atoms with van der Waals surface area (Å²) in [5, 5.41) is 0. The van der Waals surface area contributed by atoms with Gasteiger partial charge in [-0.05, 0) is 32.4 Å². The van der Waals surface area contributed by atoms with Crippen molar-refractivity contribution in [2.45, 2.75) is 44.8 Å². The predicted octanol–water partition coefficient (Wildman–Crippen LogP) is 2.07. The van der Waals surface area contributed by atoms with Gasteiger partial charge < -0.3 is 10.6 Å². The second-order valence-corrected chi connectivity index (χ2v) is 5.24. The fourth-order valence-electron chi connectivity index (χ4n) is 2.69. The first-order valence-electron chi connectivity index (χ1n) is 7.19. The van der Waals surface area contributed by atoms with E-state index in [1.54, 1.807) is 0 Å². The first-order valence-corrected chi connectivity index (χ1v) is 7.19. The first-order chi connectivity index (χ1) is 8.96. The first kappa shape index (κ1) is 16.7. The highest BCUT2D eigenvalue weighted by molar-refractivity contribution is 4.78. The highest BCUT2D eigenvalue weighted by Crippen LogP contribution is 2.21. The Morgan fingerprint density at radius 3 is 2.26 bits per heavy atom. The molecule has 2 N–H and O–H groups in total. The Bertz CT molecular complexity index is 238. The van der Waals surface area contributed by atoms with Crippen LogP contribution in [-0.2, 0) is 0 Å². The Hall–Kier alpha value is -0.330.